The van der Waals surface area contributed by atoms with E-state index in [-0.39, 0.29) is 23.4 Å². The molecule has 0 saturated heterocycles. The molecule has 0 aliphatic heterocycles. The van der Waals surface area contributed by atoms with Gasteiger partial charge in [-0.2, -0.15) is 8.42 Å². The topological polar surface area (TPSA) is 97.7 Å². The fourth-order valence-electron chi connectivity index (χ4n) is 5.14. The molecule has 3 aliphatic carbocycles. The van der Waals surface area contributed by atoms with E-state index in [4.69, 9.17) is 4.74 Å². The van der Waals surface area contributed by atoms with Gasteiger partial charge in [0.2, 0.25) is 0 Å². The third-order valence-electron chi connectivity index (χ3n) is 7.43. The number of hydrogen-bond acceptors (Lipinski definition) is 6. The maximum absolute atomic E-state index is 13.2. The van der Waals surface area contributed by atoms with Gasteiger partial charge in [0.1, 0.15) is 6.61 Å². The second kappa shape index (κ2) is 6.59. The summed E-state index contributed by atoms with van der Waals surface area (Å²) in [6.45, 7) is 7.44. The lowest BCUT2D eigenvalue weighted by molar-refractivity contribution is -0.126. The average molecular weight is 449 g/mol. The zero-order valence-corrected chi connectivity index (χ0v) is 18.7. The number of esters is 1. The molecular formula is C23H25FO6S. The molecule has 0 unspecified atom stereocenters. The lowest BCUT2D eigenvalue weighted by Gasteiger charge is -2.41. The molecule has 1 fully saturated rings. The lowest BCUT2D eigenvalue weighted by Crippen LogP contribution is -2.42. The van der Waals surface area contributed by atoms with Crippen molar-refractivity contribution >= 4 is 22.0 Å². The number of ether oxygens (including phenoxy) is 1. The van der Waals surface area contributed by atoms with Crippen molar-refractivity contribution in [3.8, 4) is 0 Å². The Bertz CT molecular complexity index is 1150. The van der Waals surface area contributed by atoms with Crippen LogP contribution in [-0.2, 0) is 19.8 Å². The van der Waals surface area contributed by atoms with Crippen LogP contribution in [0.1, 0.15) is 50.9 Å². The third-order valence-corrected chi connectivity index (χ3v) is 8.26. The summed E-state index contributed by atoms with van der Waals surface area (Å²) in [5.41, 5.74) is 0.509. The molecule has 166 valence electrons. The van der Waals surface area contributed by atoms with Crippen molar-refractivity contribution in [1.29, 1.82) is 0 Å². The summed E-state index contributed by atoms with van der Waals surface area (Å²) < 4.78 is 40.2. The van der Waals surface area contributed by atoms with E-state index in [9.17, 15) is 27.0 Å². The van der Waals surface area contributed by atoms with Gasteiger partial charge >= 0.3 is 16.2 Å². The fourth-order valence-corrected chi connectivity index (χ4v) is 5.60. The monoisotopic (exact) mass is 448 g/mol. The van der Waals surface area contributed by atoms with Crippen LogP contribution in [0.3, 0.4) is 0 Å². The van der Waals surface area contributed by atoms with Gasteiger partial charge < -0.3 is 9.84 Å². The molecule has 0 heterocycles. The second-order valence-corrected chi connectivity index (χ2v) is 10.9. The first kappa shape index (κ1) is 21.9. The first-order chi connectivity index (χ1) is 14.2. The Labute approximate surface area is 181 Å². The first-order valence-corrected chi connectivity index (χ1v) is 11.5. The molecule has 0 bridgehead atoms. The summed E-state index contributed by atoms with van der Waals surface area (Å²) in [6.07, 6.45) is 2.56. The minimum atomic E-state index is -4.85. The van der Waals surface area contributed by atoms with Gasteiger partial charge in [-0.25, -0.2) is 4.79 Å². The highest BCUT2D eigenvalue weighted by atomic mass is 32.3. The van der Waals surface area contributed by atoms with E-state index in [0.717, 1.165) is 42.7 Å². The Morgan fingerprint density at radius 2 is 1.77 bits per heavy atom. The zero-order chi connectivity index (χ0) is 23.0. The van der Waals surface area contributed by atoms with E-state index in [2.05, 4.69) is 0 Å². The minimum Gasteiger partial charge on any atom is -0.461 e. The Morgan fingerprint density at radius 1 is 1.19 bits per heavy atom. The largest absolute Gasteiger partial charge is 0.461 e. The Balaban J connectivity index is 1.57. The number of fused-ring (bicyclic) bond motifs is 1. The van der Waals surface area contributed by atoms with Crippen LogP contribution in [0, 0.1) is 16.2 Å². The molecule has 1 spiro atoms. The molecule has 3 aliphatic rings. The smallest absolute Gasteiger partial charge is 0.338 e. The summed E-state index contributed by atoms with van der Waals surface area (Å²) in [5.74, 6) is -0.733. The van der Waals surface area contributed by atoms with Crippen LogP contribution in [0.5, 0.6) is 0 Å². The van der Waals surface area contributed by atoms with Gasteiger partial charge in [0.05, 0.1) is 22.0 Å². The summed E-state index contributed by atoms with van der Waals surface area (Å²) in [6, 6.07) is 4.29. The van der Waals surface area contributed by atoms with Crippen LogP contribution in [0.25, 0.3) is 0 Å². The van der Waals surface area contributed by atoms with Gasteiger partial charge in [-0.3, -0.25) is 4.79 Å². The van der Waals surface area contributed by atoms with Crippen LogP contribution < -0.4 is 0 Å². The number of aliphatic hydroxyl groups is 1. The van der Waals surface area contributed by atoms with Crippen molar-refractivity contribution in [2.45, 2.75) is 51.5 Å². The second-order valence-electron chi connectivity index (χ2n) is 9.58. The fraction of sp³-hybridized carbons (Fsp3) is 0.478. The molecule has 6 nitrogen and oxygen atoms in total. The first-order valence-electron chi connectivity index (χ1n) is 10.1. The van der Waals surface area contributed by atoms with Gasteiger partial charge in [0.25, 0.3) is 0 Å². The molecule has 1 N–H and O–H groups in total. The molecule has 31 heavy (non-hydrogen) atoms. The van der Waals surface area contributed by atoms with Gasteiger partial charge in [0.15, 0.2) is 5.78 Å². The molecule has 0 amide bonds. The average Bonchev–Trinajstić information content (AvgIpc) is 3.47. The lowest BCUT2D eigenvalue weighted by atomic mass is 9.61. The van der Waals surface area contributed by atoms with E-state index in [1.54, 1.807) is 13.0 Å². The van der Waals surface area contributed by atoms with Crippen molar-refractivity contribution in [1.82, 2.24) is 0 Å². The maximum Gasteiger partial charge on any atom is 0.338 e. The van der Waals surface area contributed by atoms with Crippen LogP contribution in [0.4, 0.5) is 3.89 Å². The van der Waals surface area contributed by atoms with Gasteiger partial charge in [0, 0.05) is 16.4 Å². The van der Waals surface area contributed by atoms with E-state index < -0.39 is 38.0 Å². The molecule has 0 radical (unpaired) electrons. The number of rotatable bonds is 4. The van der Waals surface area contributed by atoms with Gasteiger partial charge in [-0.1, -0.05) is 25.5 Å². The highest BCUT2D eigenvalue weighted by Gasteiger charge is 2.64. The highest BCUT2D eigenvalue weighted by molar-refractivity contribution is 7.86. The molecule has 1 aromatic carbocycles. The zero-order valence-electron chi connectivity index (χ0n) is 17.9. The maximum atomic E-state index is 13.2. The number of carbonyl (C=O) groups is 2. The Kier molecular flexibility index (Phi) is 4.65. The molecule has 8 heteroatoms. The van der Waals surface area contributed by atoms with E-state index in [1.165, 1.54) is 0 Å². The number of ketones is 1. The summed E-state index contributed by atoms with van der Waals surface area (Å²) in [5, 5.41) is 11.1. The number of Topliss-reactive ketones (excluding diaryl/α,β-unsaturated/α-hetero) is 1. The van der Waals surface area contributed by atoms with Crippen LogP contribution in [-0.4, -0.2) is 38.0 Å². The number of aliphatic hydroxyl groups excluding tert-OH is 1. The van der Waals surface area contributed by atoms with E-state index in [0.29, 0.717) is 11.1 Å². The van der Waals surface area contributed by atoms with Gasteiger partial charge in [-0.15, -0.1) is 3.89 Å². The number of benzene rings is 1. The summed E-state index contributed by atoms with van der Waals surface area (Å²) in [4.78, 5) is 25.1. The van der Waals surface area contributed by atoms with Crippen molar-refractivity contribution in [2.75, 3.05) is 6.61 Å². The van der Waals surface area contributed by atoms with Crippen molar-refractivity contribution in [2.24, 2.45) is 16.2 Å². The standard InChI is InChI=1S/C23H25FO6S/c1-13-17-16(18(25)21(2,3)23(13)9-10-23)11-22(4,19(17)26)12-30-20(27)14-5-7-15(8-6-14)31(24,28)29/h5-8,11,19,26H,9-10,12H2,1-4H3/t19-,22+/m1/s1. The van der Waals surface area contributed by atoms with Gasteiger partial charge in [-0.05, 0) is 56.5 Å². The SMILES string of the molecule is CC1=C2C(=C[C@@](C)(COC(=O)c3ccc(S(=O)(=O)F)cc3)[C@@H]2O)C(=O)C(C)(C)C12CC2. The molecule has 1 saturated carbocycles. The quantitative estimate of drug-likeness (QED) is 0.559. The van der Waals surface area contributed by atoms with Crippen molar-refractivity contribution in [3.05, 3.63) is 52.6 Å². The van der Waals surface area contributed by atoms with Crippen LogP contribution >= 0.6 is 0 Å². The predicted octanol–water partition coefficient (Wildman–Crippen LogP) is 3.51. The predicted molar refractivity (Wildman–Crippen MR) is 110 cm³/mol. The van der Waals surface area contributed by atoms with E-state index in [1.807, 2.05) is 20.8 Å². The molecule has 0 aromatic heterocycles. The summed E-state index contributed by atoms with van der Waals surface area (Å²) in [7, 11) is -4.85. The Hall–Kier alpha value is -2.32. The highest BCUT2D eigenvalue weighted by Crippen LogP contribution is 2.68. The number of allylic oxidation sites excluding steroid dienone is 1. The molecule has 4 rings (SSSR count). The Morgan fingerprint density at radius 3 is 2.29 bits per heavy atom. The minimum absolute atomic E-state index is 0.00252. The van der Waals surface area contributed by atoms with E-state index >= 15 is 0 Å². The van der Waals surface area contributed by atoms with Crippen LogP contribution in [0.15, 0.2) is 52.0 Å². The normalized spacial score (nSPS) is 28.4. The van der Waals surface area contributed by atoms with Crippen molar-refractivity contribution < 1.29 is 31.7 Å². The molecule has 2 atom stereocenters. The molecular weight excluding hydrogens is 423 g/mol. The number of carbonyl (C=O) groups excluding carboxylic acids is 2. The number of hydrogen-bond donors (Lipinski definition) is 1. The van der Waals surface area contributed by atoms with Crippen LogP contribution in [0.2, 0.25) is 0 Å². The number of halogens is 1. The molecule has 1 aromatic rings. The third kappa shape index (κ3) is 3.10. The summed E-state index contributed by atoms with van der Waals surface area (Å²) >= 11 is 0. The van der Waals surface area contributed by atoms with Crippen molar-refractivity contribution in [3.63, 3.8) is 0 Å².